The molecule has 0 aliphatic carbocycles. The summed E-state index contributed by atoms with van der Waals surface area (Å²) in [6.45, 7) is 3.21. The molecule has 1 atom stereocenters. The quantitative estimate of drug-likeness (QED) is 0.426. The van der Waals surface area contributed by atoms with Crippen LogP contribution in [-0.4, -0.2) is 36.7 Å². The van der Waals surface area contributed by atoms with Gasteiger partial charge in [0.15, 0.2) is 0 Å². The number of rotatable bonds is 8. The summed E-state index contributed by atoms with van der Waals surface area (Å²) in [5.74, 6) is 0.807. The topological polar surface area (TPSA) is 53.6 Å². The summed E-state index contributed by atoms with van der Waals surface area (Å²) >= 11 is 0. The molecule has 34 heavy (non-hydrogen) atoms. The summed E-state index contributed by atoms with van der Waals surface area (Å²) in [4.78, 5) is 15.2. The largest absolute Gasteiger partial charge is 0.496 e. The molecule has 1 aliphatic heterocycles. The molecule has 174 valence electrons. The number of anilines is 1. The van der Waals surface area contributed by atoms with E-state index in [1.54, 1.807) is 7.11 Å². The fourth-order valence-corrected chi connectivity index (χ4v) is 4.05. The maximum absolute atomic E-state index is 13.4. The van der Waals surface area contributed by atoms with E-state index in [1.165, 1.54) is 0 Å². The second-order valence-corrected chi connectivity index (χ2v) is 8.58. The molecule has 5 nitrogen and oxygen atoms in total. The Morgan fingerprint density at radius 1 is 1.06 bits per heavy atom. The summed E-state index contributed by atoms with van der Waals surface area (Å²) in [5, 5.41) is 8.65. The molecule has 0 radical (unpaired) electrons. The van der Waals surface area contributed by atoms with Gasteiger partial charge in [0.1, 0.15) is 5.75 Å². The third kappa shape index (κ3) is 5.67. The number of hydrogen-bond acceptors (Lipinski definition) is 3. The average molecular weight is 454 g/mol. The van der Waals surface area contributed by atoms with E-state index in [0.29, 0.717) is 13.1 Å². The highest BCUT2D eigenvalue weighted by Gasteiger charge is 2.23. The van der Waals surface area contributed by atoms with Crippen molar-refractivity contribution in [2.75, 3.05) is 25.5 Å². The molecule has 0 saturated heterocycles. The number of para-hydroxylation sites is 1. The van der Waals surface area contributed by atoms with Crippen molar-refractivity contribution in [2.24, 2.45) is 0 Å². The number of allylic oxidation sites excluding steroid dienone is 2. The summed E-state index contributed by atoms with van der Waals surface area (Å²) in [6.07, 6.45) is 12.9. The highest BCUT2D eigenvalue weighted by molar-refractivity contribution is 6.01. The van der Waals surface area contributed by atoms with Gasteiger partial charge in [0.25, 0.3) is 0 Å². The lowest BCUT2D eigenvalue weighted by molar-refractivity contribution is 0.212. The fourth-order valence-electron chi connectivity index (χ4n) is 4.05. The van der Waals surface area contributed by atoms with Crippen LogP contribution in [0.25, 0.3) is 16.8 Å². The van der Waals surface area contributed by atoms with E-state index in [0.717, 1.165) is 34.2 Å². The second kappa shape index (κ2) is 10.8. The van der Waals surface area contributed by atoms with Gasteiger partial charge in [-0.25, -0.2) is 4.79 Å². The maximum Gasteiger partial charge on any atom is 0.322 e. The van der Waals surface area contributed by atoms with Crippen LogP contribution in [-0.2, 0) is 0 Å². The lowest BCUT2D eigenvalue weighted by Gasteiger charge is -2.31. The summed E-state index contributed by atoms with van der Waals surface area (Å²) in [7, 11) is 1.66. The van der Waals surface area contributed by atoms with E-state index in [9.17, 15) is 4.79 Å². The molecular weight excluding hydrogens is 422 g/mol. The number of nitrogens with one attached hydrogen (secondary N) is 2. The van der Waals surface area contributed by atoms with E-state index in [-0.39, 0.29) is 11.6 Å². The van der Waals surface area contributed by atoms with Crippen LogP contribution in [0.5, 0.6) is 5.75 Å². The van der Waals surface area contributed by atoms with E-state index >= 15 is 0 Å². The highest BCUT2D eigenvalue weighted by Crippen LogP contribution is 2.24. The van der Waals surface area contributed by atoms with Gasteiger partial charge in [-0.2, -0.15) is 0 Å². The van der Waals surface area contributed by atoms with Crippen LogP contribution in [0.3, 0.4) is 0 Å². The van der Waals surface area contributed by atoms with Crippen molar-refractivity contribution in [1.82, 2.24) is 10.2 Å². The number of nitrogens with zero attached hydrogens (tertiary/aromatic N) is 1. The minimum absolute atomic E-state index is 0.125. The SMILES string of the molecule is COc1ccccc1/C=C/CN(CCC1(C)C=CC=CN1)C(=O)Nc1cccc2ccccc12. The van der Waals surface area contributed by atoms with E-state index in [4.69, 9.17) is 4.74 Å². The minimum Gasteiger partial charge on any atom is -0.496 e. The Hall–Kier alpha value is -3.99. The van der Waals surface area contributed by atoms with Crippen molar-refractivity contribution < 1.29 is 9.53 Å². The van der Waals surface area contributed by atoms with Crippen LogP contribution in [0.4, 0.5) is 10.5 Å². The number of benzene rings is 3. The first-order chi connectivity index (χ1) is 16.6. The average Bonchev–Trinajstić information content (AvgIpc) is 2.87. The zero-order chi connectivity index (χ0) is 23.8. The Balaban J connectivity index is 1.52. The summed E-state index contributed by atoms with van der Waals surface area (Å²) in [5.41, 5.74) is 1.60. The van der Waals surface area contributed by atoms with Gasteiger partial charge in [0.05, 0.1) is 18.3 Å². The van der Waals surface area contributed by atoms with Gasteiger partial charge < -0.3 is 20.3 Å². The Bertz CT molecular complexity index is 1230. The zero-order valence-corrected chi connectivity index (χ0v) is 19.7. The van der Waals surface area contributed by atoms with Crippen LogP contribution < -0.4 is 15.4 Å². The number of fused-ring (bicyclic) bond motifs is 1. The predicted octanol–water partition coefficient (Wildman–Crippen LogP) is 6.22. The molecule has 0 bridgehead atoms. The van der Waals surface area contributed by atoms with Gasteiger partial charge in [0, 0.05) is 24.0 Å². The molecular formula is C29H31N3O2. The van der Waals surface area contributed by atoms with Gasteiger partial charge in [-0.05, 0) is 43.1 Å². The van der Waals surface area contributed by atoms with Crippen LogP contribution >= 0.6 is 0 Å². The lowest BCUT2D eigenvalue weighted by Crippen LogP contribution is -2.44. The molecule has 1 unspecified atom stereocenters. The van der Waals surface area contributed by atoms with Crippen molar-refractivity contribution in [3.05, 3.63) is 103 Å². The van der Waals surface area contributed by atoms with Crippen molar-refractivity contribution in [2.45, 2.75) is 18.9 Å². The molecule has 0 spiro atoms. The molecule has 3 aromatic rings. The highest BCUT2D eigenvalue weighted by atomic mass is 16.5. The van der Waals surface area contributed by atoms with E-state index in [2.05, 4.69) is 23.6 Å². The molecule has 0 fully saturated rings. The van der Waals surface area contributed by atoms with Crippen LogP contribution in [0.1, 0.15) is 18.9 Å². The Kier molecular flexibility index (Phi) is 7.33. The van der Waals surface area contributed by atoms with Crippen LogP contribution in [0, 0.1) is 0 Å². The van der Waals surface area contributed by atoms with Crippen molar-refractivity contribution in [3.63, 3.8) is 0 Å². The van der Waals surface area contributed by atoms with Gasteiger partial charge in [-0.3, -0.25) is 0 Å². The van der Waals surface area contributed by atoms with Gasteiger partial charge >= 0.3 is 6.03 Å². The van der Waals surface area contributed by atoms with E-state index < -0.39 is 0 Å². The third-order valence-corrected chi connectivity index (χ3v) is 6.07. The van der Waals surface area contributed by atoms with Gasteiger partial charge in [-0.15, -0.1) is 0 Å². The van der Waals surface area contributed by atoms with Crippen molar-refractivity contribution in [1.29, 1.82) is 0 Å². The number of hydrogen-bond donors (Lipinski definition) is 2. The number of carbonyl (C=O) groups is 1. The monoisotopic (exact) mass is 453 g/mol. The Morgan fingerprint density at radius 3 is 2.68 bits per heavy atom. The van der Waals surface area contributed by atoms with Gasteiger partial charge in [-0.1, -0.05) is 78.9 Å². The third-order valence-electron chi connectivity index (χ3n) is 6.07. The maximum atomic E-state index is 13.4. The van der Waals surface area contributed by atoms with Crippen molar-refractivity contribution >= 4 is 28.6 Å². The van der Waals surface area contributed by atoms with E-state index in [1.807, 2.05) is 102 Å². The van der Waals surface area contributed by atoms with Gasteiger partial charge in [0.2, 0.25) is 0 Å². The van der Waals surface area contributed by atoms with Crippen LogP contribution in [0.2, 0.25) is 0 Å². The number of dihydropyridines is 1. The minimum atomic E-state index is -0.195. The zero-order valence-electron chi connectivity index (χ0n) is 19.7. The number of amides is 2. The number of methoxy groups -OCH3 is 1. The Morgan fingerprint density at radius 2 is 1.85 bits per heavy atom. The Labute approximate surface area is 201 Å². The predicted molar refractivity (Wildman–Crippen MR) is 141 cm³/mol. The molecule has 1 aliphatic rings. The first-order valence-electron chi connectivity index (χ1n) is 11.5. The summed E-state index contributed by atoms with van der Waals surface area (Å²) in [6, 6.07) is 21.8. The number of carbonyl (C=O) groups excluding carboxylic acids is 1. The molecule has 3 aromatic carbocycles. The van der Waals surface area contributed by atoms with Crippen molar-refractivity contribution in [3.8, 4) is 5.75 Å². The standard InChI is InChI=1S/C29H31N3O2/c1-29(18-7-8-20-30-29)19-22-32(21-10-14-24-12-4-6-17-27(24)34-2)28(33)31-26-16-9-13-23-11-3-5-15-25(23)26/h3-18,20,30H,19,21-22H2,1-2H3,(H,31,33)/b14-10+. The molecule has 0 saturated carbocycles. The lowest BCUT2D eigenvalue weighted by atomic mass is 9.95. The normalized spacial score (nSPS) is 17.0. The number of ether oxygens (including phenoxy) is 1. The first-order valence-corrected chi connectivity index (χ1v) is 11.5. The molecule has 1 heterocycles. The fraction of sp³-hybridized carbons (Fsp3) is 0.207. The molecule has 2 amide bonds. The number of urea groups is 1. The molecule has 4 rings (SSSR count). The molecule has 0 aromatic heterocycles. The molecule has 2 N–H and O–H groups in total. The molecule has 5 heteroatoms. The summed E-state index contributed by atoms with van der Waals surface area (Å²) < 4.78 is 5.44. The first kappa shape index (κ1) is 23.2. The second-order valence-electron chi connectivity index (χ2n) is 8.58. The van der Waals surface area contributed by atoms with Crippen LogP contribution in [0.15, 0.2) is 97.2 Å². The smallest absolute Gasteiger partial charge is 0.322 e.